The van der Waals surface area contributed by atoms with Crippen LogP contribution in [-0.4, -0.2) is 24.3 Å². The molecular weight excluding hydrogens is 348 g/mol. The molecule has 2 aromatic rings. The molecule has 0 N–H and O–H groups in total. The van der Waals surface area contributed by atoms with Crippen LogP contribution in [0, 0.1) is 11.6 Å². The molecule has 1 aromatic carbocycles. The highest BCUT2D eigenvalue weighted by Crippen LogP contribution is 2.21. The van der Waals surface area contributed by atoms with Crippen molar-refractivity contribution >= 4 is 33.0 Å². The van der Waals surface area contributed by atoms with E-state index >= 15 is 0 Å². The molecule has 0 fully saturated rings. The van der Waals surface area contributed by atoms with Gasteiger partial charge in [0.05, 0.1) is 12.1 Å². The Kier molecular flexibility index (Phi) is 5.01. The summed E-state index contributed by atoms with van der Waals surface area (Å²) in [5, 5.41) is 1.96. The van der Waals surface area contributed by atoms with Crippen LogP contribution in [-0.2, 0) is 6.54 Å². The highest BCUT2D eigenvalue weighted by atomic mass is 79.9. The van der Waals surface area contributed by atoms with Gasteiger partial charge >= 0.3 is 0 Å². The fourth-order valence-corrected chi connectivity index (χ4v) is 3.33. The molecule has 0 amide bonds. The first-order valence-electron chi connectivity index (χ1n) is 5.85. The number of benzene rings is 1. The minimum atomic E-state index is -0.817. The van der Waals surface area contributed by atoms with Crippen molar-refractivity contribution in [3.63, 3.8) is 0 Å². The Morgan fingerprint density at radius 2 is 2.10 bits per heavy atom. The third-order valence-corrected chi connectivity index (χ3v) is 4.37. The SMILES string of the molecule is CN(CC(=O)c1ccc(F)cc1F)Cc1cc(Br)cs1. The van der Waals surface area contributed by atoms with Crippen LogP contribution in [0.25, 0.3) is 0 Å². The molecule has 20 heavy (non-hydrogen) atoms. The summed E-state index contributed by atoms with van der Waals surface area (Å²) in [6.07, 6.45) is 0. The molecular formula is C14H12BrF2NOS. The van der Waals surface area contributed by atoms with Crippen LogP contribution in [0.4, 0.5) is 8.78 Å². The molecule has 0 unspecified atom stereocenters. The molecule has 2 rings (SSSR count). The van der Waals surface area contributed by atoms with Crippen LogP contribution in [0.5, 0.6) is 0 Å². The van der Waals surface area contributed by atoms with Gasteiger partial charge in [0.2, 0.25) is 0 Å². The zero-order chi connectivity index (χ0) is 14.7. The Bertz CT molecular complexity index is 629. The quantitative estimate of drug-likeness (QED) is 0.749. The summed E-state index contributed by atoms with van der Waals surface area (Å²) in [5.41, 5.74) is -0.0781. The number of hydrogen-bond donors (Lipinski definition) is 0. The number of ketones is 1. The summed E-state index contributed by atoms with van der Waals surface area (Å²) >= 11 is 4.95. The number of hydrogen-bond acceptors (Lipinski definition) is 3. The van der Waals surface area contributed by atoms with Crippen LogP contribution in [0.3, 0.4) is 0 Å². The molecule has 1 aromatic heterocycles. The van der Waals surface area contributed by atoms with Crippen LogP contribution in [0.15, 0.2) is 34.1 Å². The second-order valence-corrected chi connectivity index (χ2v) is 6.36. The molecule has 106 valence electrons. The third-order valence-electron chi connectivity index (χ3n) is 2.69. The van der Waals surface area contributed by atoms with E-state index in [1.165, 1.54) is 6.07 Å². The fourth-order valence-electron chi connectivity index (χ4n) is 1.80. The van der Waals surface area contributed by atoms with Crippen molar-refractivity contribution in [2.75, 3.05) is 13.6 Å². The van der Waals surface area contributed by atoms with E-state index in [0.29, 0.717) is 6.54 Å². The Hall–Kier alpha value is -1.11. The number of nitrogens with zero attached hydrogens (tertiary/aromatic N) is 1. The maximum atomic E-state index is 13.5. The zero-order valence-corrected chi connectivity index (χ0v) is 13.1. The predicted molar refractivity (Wildman–Crippen MR) is 79.0 cm³/mol. The zero-order valence-electron chi connectivity index (χ0n) is 10.7. The second-order valence-electron chi connectivity index (χ2n) is 4.45. The lowest BCUT2D eigenvalue weighted by atomic mass is 10.1. The van der Waals surface area contributed by atoms with E-state index in [-0.39, 0.29) is 17.9 Å². The number of halogens is 3. The summed E-state index contributed by atoms with van der Waals surface area (Å²) in [6, 6.07) is 4.98. The fraction of sp³-hybridized carbons (Fsp3) is 0.214. The van der Waals surface area contributed by atoms with E-state index in [1.54, 1.807) is 23.3 Å². The Morgan fingerprint density at radius 3 is 2.70 bits per heavy atom. The van der Waals surface area contributed by atoms with Gasteiger partial charge in [0.15, 0.2) is 5.78 Å². The molecule has 2 nitrogen and oxygen atoms in total. The van der Waals surface area contributed by atoms with Gasteiger partial charge in [-0.25, -0.2) is 8.78 Å². The van der Waals surface area contributed by atoms with Crippen LogP contribution < -0.4 is 0 Å². The number of likely N-dealkylation sites (N-methyl/N-ethyl adjacent to an activating group) is 1. The van der Waals surface area contributed by atoms with Crippen molar-refractivity contribution in [1.82, 2.24) is 4.90 Å². The molecule has 0 saturated heterocycles. The number of carbonyl (C=O) groups is 1. The number of Topliss-reactive ketones (excluding diaryl/α,β-unsaturated/α-hetero) is 1. The van der Waals surface area contributed by atoms with Gasteiger partial charge in [0.1, 0.15) is 11.6 Å². The van der Waals surface area contributed by atoms with Crippen molar-refractivity contribution < 1.29 is 13.6 Å². The van der Waals surface area contributed by atoms with Crippen molar-refractivity contribution in [2.45, 2.75) is 6.54 Å². The standard InChI is InChI=1S/C14H12BrF2NOS/c1-18(6-11-4-9(15)8-20-11)7-14(19)12-3-2-10(16)5-13(12)17/h2-5,8H,6-7H2,1H3. The van der Waals surface area contributed by atoms with Gasteiger partial charge in [0.25, 0.3) is 0 Å². The lowest BCUT2D eigenvalue weighted by Crippen LogP contribution is -2.25. The lowest BCUT2D eigenvalue weighted by molar-refractivity contribution is 0.0939. The monoisotopic (exact) mass is 359 g/mol. The van der Waals surface area contributed by atoms with E-state index in [9.17, 15) is 13.6 Å². The molecule has 0 aliphatic rings. The number of carbonyl (C=O) groups excluding carboxylic acids is 1. The highest BCUT2D eigenvalue weighted by molar-refractivity contribution is 9.10. The molecule has 1 heterocycles. The normalized spacial score (nSPS) is 11.1. The Morgan fingerprint density at radius 1 is 1.35 bits per heavy atom. The maximum absolute atomic E-state index is 13.5. The van der Waals surface area contributed by atoms with Crippen molar-refractivity contribution in [1.29, 1.82) is 0 Å². The molecule has 0 bridgehead atoms. The summed E-state index contributed by atoms with van der Waals surface area (Å²) < 4.78 is 27.3. The summed E-state index contributed by atoms with van der Waals surface area (Å²) in [6.45, 7) is 0.683. The first kappa shape index (κ1) is 15.3. The molecule has 0 aliphatic heterocycles. The minimum Gasteiger partial charge on any atom is -0.294 e. The summed E-state index contributed by atoms with van der Waals surface area (Å²) in [4.78, 5) is 14.9. The average molecular weight is 360 g/mol. The van der Waals surface area contributed by atoms with E-state index in [4.69, 9.17) is 0 Å². The first-order valence-corrected chi connectivity index (χ1v) is 7.52. The Labute approximate surface area is 128 Å². The summed E-state index contributed by atoms with van der Waals surface area (Å²) in [5.74, 6) is -1.86. The largest absolute Gasteiger partial charge is 0.294 e. The van der Waals surface area contributed by atoms with Crippen LogP contribution in [0.2, 0.25) is 0 Å². The summed E-state index contributed by atoms with van der Waals surface area (Å²) in [7, 11) is 1.78. The molecule has 0 spiro atoms. The third kappa shape index (κ3) is 3.94. The van der Waals surface area contributed by atoms with Gasteiger partial charge in [-0.05, 0) is 41.2 Å². The molecule has 0 saturated carbocycles. The predicted octanol–water partition coefficient (Wildman–Crippen LogP) is 4.10. The second kappa shape index (κ2) is 6.56. The van der Waals surface area contributed by atoms with E-state index in [2.05, 4.69) is 15.9 Å². The van der Waals surface area contributed by atoms with Crippen molar-refractivity contribution in [3.05, 3.63) is 56.2 Å². The van der Waals surface area contributed by atoms with Gasteiger partial charge in [-0.2, -0.15) is 0 Å². The van der Waals surface area contributed by atoms with Gasteiger partial charge in [-0.1, -0.05) is 0 Å². The smallest absolute Gasteiger partial charge is 0.179 e. The van der Waals surface area contributed by atoms with E-state index in [0.717, 1.165) is 21.5 Å². The van der Waals surface area contributed by atoms with Crippen LogP contribution >= 0.6 is 27.3 Å². The van der Waals surface area contributed by atoms with Crippen molar-refractivity contribution in [2.24, 2.45) is 0 Å². The minimum absolute atomic E-state index is 0.0781. The van der Waals surface area contributed by atoms with Gasteiger partial charge in [-0.3, -0.25) is 9.69 Å². The van der Waals surface area contributed by atoms with Crippen molar-refractivity contribution in [3.8, 4) is 0 Å². The van der Waals surface area contributed by atoms with E-state index in [1.807, 2.05) is 11.4 Å². The highest BCUT2D eigenvalue weighted by Gasteiger charge is 2.15. The lowest BCUT2D eigenvalue weighted by Gasteiger charge is -2.14. The van der Waals surface area contributed by atoms with Gasteiger partial charge < -0.3 is 0 Å². The van der Waals surface area contributed by atoms with Gasteiger partial charge in [0, 0.05) is 27.3 Å². The average Bonchev–Trinajstić information content (AvgIpc) is 2.74. The molecule has 0 aliphatic carbocycles. The van der Waals surface area contributed by atoms with Gasteiger partial charge in [-0.15, -0.1) is 11.3 Å². The molecule has 0 atom stereocenters. The topological polar surface area (TPSA) is 20.3 Å². The molecule has 0 radical (unpaired) electrons. The number of rotatable bonds is 5. The maximum Gasteiger partial charge on any atom is 0.179 e. The van der Waals surface area contributed by atoms with E-state index < -0.39 is 11.6 Å². The Balaban J connectivity index is 2.00. The van der Waals surface area contributed by atoms with Crippen LogP contribution in [0.1, 0.15) is 15.2 Å². The number of thiophene rings is 1. The first-order chi connectivity index (χ1) is 9.45. The molecule has 6 heteroatoms.